The van der Waals surface area contributed by atoms with Gasteiger partial charge < -0.3 is 10.1 Å². The molecule has 0 bridgehead atoms. The van der Waals surface area contributed by atoms with Crippen molar-refractivity contribution in [3.8, 4) is 5.75 Å². The maximum atomic E-state index is 13.0. The zero-order chi connectivity index (χ0) is 19.1. The molecule has 0 saturated heterocycles. The molecule has 0 aliphatic heterocycles. The van der Waals surface area contributed by atoms with E-state index in [0.29, 0.717) is 11.3 Å². The summed E-state index contributed by atoms with van der Waals surface area (Å²) in [6.45, 7) is -0.258. The predicted molar refractivity (Wildman–Crippen MR) is 103 cm³/mol. The van der Waals surface area contributed by atoms with Crippen molar-refractivity contribution in [1.82, 2.24) is 10.3 Å². The summed E-state index contributed by atoms with van der Waals surface area (Å²) in [5.41, 5.74) is 0.523. The third-order valence-corrected chi connectivity index (χ3v) is 7.34. The summed E-state index contributed by atoms with van der Waals surface area (Å²) in [4.78, 5) is 16.1. The highest BCUT2D eigenvalue weighted by atomic mass is 32.2. The Balaban J connectivity index is 1.70. The predicted octanol–water partition coefficient (Wildman–Crippen LogP) is 2.85. The summed E-state index contributed by atoms with van der Waals surface area (Å²) in [7, 11) is -3.65. The van der Waals surface area contributed by atoms with E-state index in [-0.39, 0.29) is 17.4 Å². The van der Waals surface area contributed by atoms with Crippen LogP contribution in [0.25, 0.3) is 0 Å². The van der Waals surface area contributed by atoms with Crippen molar-refractivity contribution in [2.24, 2.45) is 0 Å². The third kappa shape index (κ3) is 4.93. The van der Waals surface area contributed by atoms with Crippen molar-refractivity contribution >= 4 is 27.1 Å². The molecule has 1 atom stereocenters. The molecule has 8 heteroatoms. The average molecular weight is 402 g/mol. The SMILES string of the molecule is O=C(COc1ccccc1)NC[C@H](c1cccnc1)S(=O)(=O)c1cccs1. The number of hydrogen-bond acceptors (Lipinski definition) is 6. The largest absolute Gasteiger partial charge is 0.484 e. The van der Waals surface area contributed by atoms with Gasteiger partial charge in [-0.3, -0.25) is 9.78 Å². The van der Waals surface area contributed by atoms with Crippen LogP contribution in [0.1, 0.15) is 10.8 Å². The van der Waals surface area contributed by atoms with Crippen molar-refractivity contribution in [1.29, 1.82) is 0 Å². The van der Waals surface area contributed by atoms with Gasteiger partial charge in [0.15, 0.2) is 16.4 Å². The van der Waals surface area contributed by atoms with Gasteiger partial charge in [0.25, 0.3) is 5.91 Å². The first-order valence-electron chi connectivity index (χ1n) is 8.19. The number of para-hydroxylation sites is 1. The fourth-order valence-electron chi connectivity index (χ4n) is 2.46. The molecule has 1 amide bonds. The Morgan fingerprint density at radius 1 is 1.11 bits per heavy atom. The van der Waals surface area contributed by atoms with Crippen LogP contribution in [-0.2, 0) is 14.6 Å². The highest BCUT2D eigenvalue weighted by Gasteiger charge is 2.30. The monoisotopic (exact) mass is 402 g/mol. The van der Waals surface area contributed by atoms with E-state index in [2.05, 4.69) is 10.3 Å². The summed E-state index contributed by atoms with van der Waals surface area (Å²) in [6, 6.07) is 15.6. The van der Waals surface area contributed by atoms with Crippen molar-refractivity contribution in [3.05, 3.63) is 77.9 Å². The van der Waals surface area contributed by atoms with Crippen LogP contribution >= 0.6 is 11.3 Å². The molecule has 0 aliphatic rings. The molecule has 140 valence electrons. The summed E-state index contributed by atoms with van der Waals surface area (Å²) in [5.74, 6) is 0.178. The van der Waals surface area contributed by atoms with Crippen LogP contribution in [0.4, 0.5) is 0 Å². The number of nitrogens with zero attached hydrogens (tertiary/aromatic N) is 1. The van der Waals surface area contributed by atoms with Gasteiger partial charge in [-0.05, 0) is 35.2 Å². The van der Waals surface area contributed by atoms with Gasteiger partial charge in [0.2, 0.25) is 0 Å². The number of thiophene rings is 1. The molecular formula is C19H18N2O4S2. The molecule has 0 unspecified atom stereocenters. The molecule has 2 aromatic heterocycles. The van der Waals surface area contributed by atoms with E-state index >= 15 is 0 Å². The number of carbonyl (C=O) groups is 1. The molecule has 1 N–H and O–H groups in total. The summed E-state index contributed by atoms with van der Waals surface area (Å²) in [5, 5.41) is 3.44. The molecule has 0 radical (unpaired) electrons. The highest BCUT2D eigenvalue weighted by molar-refractivity contribution is 7.93. The molecule has 0 spiro atoms. The minimum Gasteiger partial charge on any atom is -0.484 e. The lowest BCUT2D eigenvalue weighted by Crippen LogP contribution is -2.34. The fraction of sp³-hybridized carbons (Fsp3) is 0.158. The number of nitrogens with one attached hydrogen (secondary N) is 1. The number of sulfone groups is 1. The van der Waals surface area contributed by atoms with Crippen LogP contribution in [-0.4, -0.2) is 32.5 Å². The van der Waals surface area contributed by atoms with E-state index in [1.54, 1.807) is 60.1 Å². The number of ether oxygens (including phenoxy) is 1. The van der Waals surface area contributed by atoms with E-state index < -0.39 is 21.0 Å². The van der Waals surface area contributed by atoms with E-state index in [0.717, 1.165) is 11.3 Å². The Hall–Kier alpha value is -2.71. The van der Waals surface area contributed by atoms with Crippen molar-refractivity contribution in [3.63, 3.8) is 0 Å². The van der Waals surface area contributed by atoms with E-state index in [1.807, 2.05) is 6.07 Å². The lowest BCUT2D eigenvalue weighted by Gasteiger charge is -2.18. The van der Waals surface area contributed by atoms with Gasteiger partial charge in [-0.2, -0.15) is 0 Å². The number of benzene rings is 1. The molecule has 0 saturated carbocycles. The Labute approximate surface area is 161 Å². The normalized spacial score (nSPS) is 12.3. The lowest BCUT2D eigenvalue weighted by atomic mass is 10.2. The van der Waals surface area contributed by atoms with Crippen molar-refractivity contribution in [2.45, 2.75) is 9.46 Å². The Kier molecular flexibility index (Phi) is 6.20. The zero-order valence-corrected chi connectivity index (χ0v) is 15.9. The minimum atomic E-state index is -3.65. The van der Waals surface area contributed by atoms with E-state index in [4.69, 9.17) is 4.74 Å². The van der Waals surface area contributed by atoms with Crippen LogP contribution in [0, 0.1) is 0 Å². The lowest BCUT2D eigenvalue weighted by molar-refractivity contribution is -0.123. The van der Waals surface area contributed by atoms with E-state index in [1.165, 1.54) is 6.20 Å². The van der Waals surface area contributed by atoms with Crippen LogP contribution in [0.3, 0.4) is 0 Å². The Bertz CT molecular complexity index is 959. The standard InChI is InChI=1S/C19H18N2O4S2/c22-18(14-25-16-7-2-1-3-8-16)21-13-17(15-6-4-10-20-12-15)27(23,24)19-9-5-11-26-19/h1-12,17H,13-14H2,(H,21,22)/t17-/m1/s1. The Morgan fingerprint density at radius 3 is 2.59 bits per heavy atom. The second-order valence-electron chi connectivity index (χ2n) is 5.66. The van der Waals surface area contributed by atoms with Crippen LogP contribution in [0.15, 0.2) is 76.6 Å². The minimum absolute atomic E-state index is 0.0666. The molecule has 6 nitrogen and oxygen atoms in total. The van der Waals surface area contributed by atoms with Crippen LogP contribution < -0.4 is 10.1 Å². The highest BCUT2D eigenvalue weighted by Crippen LogP contribution is 2.30. The zero-order valence-electron chi connectivity index (χ0n) is 14.3. The van der Waals surface area contributed by atoms with Gasteiger partial charge in [-0.1, -0.05) is 30.3 Å². The first-order valence-corrected chi connectivity index (χ1v) is 10.6. The Morgan fingerprint density at radius 2 is 1.93 bits per heavy atom. The molecular weight excluding hydrogens is 384 g/mol. The molecule has 3 rings (SSSR count). The smallest absolute Gasteiger partial charge is 0.257 e. The maximum Gasteiger partial charge on any atom is 0.257 e. The molecule has 0 fully saturated rings. The molecule has 3 aromatic rings. The average Bonchev–Trinajstić information content (AvgIpc) is 3.24. The first-order chi connectivity index (χ1) is 13.1. The van der Waals surface area contributed by atoms with Gasteiger partial charge >= 0.3 is 0 Å². The first kappa shape index (κ1) is 19.1. The van der Waals surface area contributed by atoms with E-state index in [9.17, 15) is 13.2 Å². The van der Waals surface area contributed by atoms with Gasteiger partial charge in [-0.25, -0.2) is 8.42 Å². The topological polar surface area (TPSA) is 85.4 Å². The number of aromatic nitrogens is 1. The third-order valence-electron chi connectivity index (χ3n) is 3.80. The summed E-state index contributed by atoms with van der Waals surface area (Å²) < 4.78 is 31.6. The number of hydrogen-bond donors (Lipinski definition) is 1. The van der Waals surface area contributed by atoms with Crippen LogP contribution in [0.5, 0.6) is 5.75 Å². The number of carbonyl (C=O) groups excluding carboxylic acids is 1. The summed E-state index contributed by atoms with van der Waals surface area (Å²) >= 11 is 1.15. The second kappa shape index (κ2) is 8.79. The quantitative estimate of drug-likeness (QED) is 0.626. The van der Waals surface area contributed by atoms with Gasteiger partial charge in [0, 0.05) is 18.9 Å². The van der Waals surface area contributed by atoms with Crippen molar-refractivity contribution in [2.75, 3.05) is 13.2 Å². The van der Waals surface area contributed by atoms with Gasteiger partial charge in [-0.15, -0.1) is 11.3 Å². The maximum absolute atomic E-state index is 13.0. The molecule has 1 aromatic carbocycles. The fourth-order valence-corrected chi connectivity index (χ4v) is 5.31. The summed E-state index contributed by atoms with van der Waals surface area (Å²) in [6.07, 6.45) is 3.08. The molecule has 0 aliphatic carbocycles. The van der Waals surface area contributed by atoms with Crippen molar-refractivity contribution < 1.29 is 17.9 Å². The second-order valence-corrected chi connectivity index (χ2v) is 8.96. The number of rotatable bonds is 8. The molecule has 27 heavy (non-hydrogen) atoms. The van der Waals surface area contributed by atoms with Gasteiger partial charge in [0.05, 0.1) is 0 Å². The number of amides is 1. The molecule has 2 heterocycles. The number of pyridine rings is 1. The van der Waals surface area contributed by atoms with Gasteiger partial charge in [0.1, 0.15) is 15.2 Å². The van der Waals surface area contributed by atoms with Crippen LogP contribution in [0.2, 0.25) is 0 Å².